The molecule has 0 saturated carbocycles. The van der Waals surface area contributed by atoms with Gasteiger partial charge in [0.05, 0.1) is 5.75 Å². The molecule has 0 radical (unpaired) electrons. The summed E-state index contributed by atoms with van der Waals surface area (Å²) in [6.45, 7) is 12.3. The number of carbonyl (C=O) groups is 1. The van der Waals surface area contributed by atoms with E-state index in [4.69, 9.17) is 0 Å². The summed E-state index contributed by atoms with van der Waals surface area (Å²) in [5.74, 6) is 1.21. The maximum atomic E-state index is 11.8. The molecule has 4 heteroatoms. The van der Waals surface area contributed by atoms with Gasteiger partial charge in [-0.2, -0.15) is 0 Å². The minimum atomic E-state index is -0.163. The summed E-state index contributed by atoms with van der Waals surface area (Å²) in [4.78, 5) is 12.9. The van der Waals surface area contributed by atoms with Crippen LogP contribution in [0.2, 0.25) is 0 Å². The number of benzene rings is 1. The molecule has 0 aliphatic rings. The molecule has 3 nitrogen and oxygen atoms in total. The second kappa shape index (κ2) is 8.44. The molecule has 0 aromatic heterocycles. The smallest absolute Gasteiger partial charge is 0.230 e. The summed E-state index contributed by atoms with van der Waals surface area (Å²) in [5, 5.41) is 6.40. The molecule has 2 N–H and O–H groups in total. The topological polar surface area (TPSA) is 41.1 Å². The molecule has 1 amide bonds. The van der Waals surface area contributed by atoms with E-state index >= 15 is 0 Å². The molecule has 0 bridgehead atoms. The molecule has 1 rings (SSSR count). The van der Waals surface area contributed by atoms with Crippen molar-refractivity contribution in [3.8, 4) is 0 Å². The van der Waals surface area contributed by atoms with Crippen LogP contribution in [0.1, 0.15) is 40.2 Å². The Kier molecular flexibility index (Phi) is 7.26. The molecule has 0 aliphatic heterocycles. The van der Waals surface area contributed by atoms with E-state index in [1.54, 1.807) is 11.8 Å². The average Bonchev–Trinajstić information content (AvgIpc) is 2.35. The molecule has 0 unspecified atom stereocenters. The van der Waals surface area contributed by atoms with Crippen LogP contribution in [0.25, 0.3) is 0 Å². The lowest BCUT2D eigenvalue weighted by Crippen LogP contribution is -2.41. The van der Waals surface area contributed by atoms with Crippen molar-refractivity contribution in [3.05, 3.63) is 29.8 Å². The number of amides is 1. The van der Waals surface area contributed by atoms with Crippen LogP contribution in [-0.4, -0.2) is 23.7 Å². The van der Waals surface area contributed by atoms with Crippen molar-refractivity contribution in [2.75, 3.05) is 12.3 Å². The zero-order valence-corrected chi connectivity index (χ0v) is 14.6. The minimum absolute atomic E-state index is 0.0789. The zero-order valence-electron chi connectivity index (χ0n) is 13.8. The maximum absolute atomic E-state index is 11.8. The van der Waals surface area contributed by atoms with Crippen LogP contribution in [-0.2, 0) is 11.3 Å². The fourth-order valence-electron chi connectivity index (χ4n) is 1.81. The van der Waals surface area contributed by atoms with E-state index in [-0.39, 0.29) is 11.4 Å². The molecule has 0 saturated heterocycles. The van der Waals surface area contributed by atoms with E-state index < -0.39 is 0 Å². The van der Waals surface area contributed by atoms with Crippen molar-refractivity contribution in [2.24, 2.45) is 5.92 Å². The minimum Gasteiger partial charge on any atom is -0.351 e. The van der Waals surface area contributed by atoms with Crippen molar-refractivity contribution in [3.63, 3.8) is 0 Å². The molecule has 118 valence electrons. The van der Waals surface area contributed by atoms with E-state index in [1.165, 1.54) is 5.56 Å². The normalized spacial score (nSPS) is 11.7. The molecule has 0 spiro atoms. The highest BCUT2D eigenvalue weighted by atomic mass is 32.2. The Bertz CT molecular complexity index is 435. The number of thioether (sulfide) groups is 1. The van der Waals surface area contributed by atoms with Crippen molar-refractivity contribution in [2.45, 2.75) is 51.6 Å². The maximum Gasteiger partial charge on any atom is 0.230 e. The van der Waals surface area contributed by atoms with Gasteiger partial charge in [-0.3, -0.25) is 4.79 Å². The molecule has 21 heavy (non-hydrogen) atoms. The molecule has 1 aromatic rings. The van der Waals surface area contributed by atoms with Gasteiger partial charge in [-0.15, -0.1) is 11.8 Å². The predicted octanol–water partition coefficient (Wildman–Crippen LogP) is 3.44. The summed E-state index contributed by atoms with van der Waals surface area (Å²) in [6.07, 6.45) is 0. The van der Waals surface area contributed by atoms with Crippen LogP contribution in [0.15, 0.2) is 29.2 Å². The Morgan fingerprint density at radius 2 is 1.81 bits per heavy atom. The van der Waals surface area contributed by atoms with Crippen LogP contribution in [0.4, 0.5) is 0 Å². The quantitative estimate of drug-likeness (QED) is 0.758. The number of carbonyl (C=O) groups excluding carboxylic acids is 1. The van der Waals surface area contributed by atoms with Crippen LogP contribution in [0, 0.1) is 5.92 Å². The van der Waals surface area contributed by atoms with Gasteiger partial charge in [-0.1, -0.05) is 26.0 Å². The molecular formula is C17H28N2OS. The Morgan fingerprint density at radius 1 is 1.19 bits per heavy atom. The number of hydrogen-bond donors (Lipinski definition) is 2. The summed E-state index contributed by atoms with van der Waals surface area (Å²) >= 11 is 1.57. The Labute approximate surface area is 133 Å². The van der Waals surface area contributed by atoms with Crippen molar-refractivity contribution in [1.82, 2.24) is 10.6 Å². The largest absolute Gasteiger partial charge is 0.351 e. The third kappa shape index (κ3) is 8.79. The summed E-state index contributed by atoms with van der Waals surface area (Å²) < 4.78 is 0. The Morgan fingerprint density at radius 3 is 2.33 bits per heavy atom. The van der Waals surface area contributed by atoms with Crippen LogP contribution < -0.4 is 10.6 Å². The van der Waals surface area contributed by atoms with E-state index in [0.717, 1.165) is 18.0 Å². The van der Waals surface area contributed by atoms with E-state index in [0.29, 0.717) is 11.7 Å². The molecule has 0 atom stereocenters. The standard InChI is InChI=1S/C17H28N2OS/c1-13(2)10-18-11-14-6-8-15(9-7-14)21-12-16(20)19-17(3,4)5/h6-9,13,18H,10-12H2,1-5H3,(H,19,20). The van der Waals surface area contributed by atoms with Gasteiger partial charge in [0.1, 0.15) is 0 Å². The van der Waals surface area contributed by atoms with Crippen molar-refractivity contribution >= 4 is 17.7 Å². The lowest BCUT2D eigenvalue weighted by molar-refractivity contribution is -0.119. The highest BCUT2D eigenvalue weighted by molar-refractivity contribution is 8.00. The third-order valence-electron chi connectivity index (χ3n) is 2.69. The van der Waals surface area contributed by atoms with Gasteiger partial charge < -0.3 is 10.6 Å². The van der Waals surface area contributed by atoms with Crippen LogP contribution in [0.5, 0.6) is 0 Å². The number of hydrogen-bond acceptors (Lipinski definition) is 3. The van der Waals surface area contributed by atoms with E-state index in [2.05, 4.69) is 48.7 Å². The first-order valence-electron chi connectivity index (χ1n) is 7.50. The molecular weight excluding hydrogens is 280 g/mol. The first-order chi connectivity index (χ1) is 9.76. The van der Waals surface area contributed by atoms with Crippen molar-refractivity contribution < 1.29 is 4.79 Å². The Balaban J connectivity index is 2.35. The number of nitrogens with one attached hydrogen (secondary N) is 2. The molecule has 0 fully saturated rings. The van der Waals surface area contributed by atoms with Gasteiger partial charge >= 0.3 is 0 Å². The summed E-state index contributed by atoms with van der Waals surface area (Å²) in [6, 6.07) is 8.41. The third-order valence-corrected chi connectivity index (χ3v) is 3.70. The second-order valence-corrected chi connectivity index (χ2v) is 7.80. The molecule has 0 aliphatic carbocycles. The lowest BCUT2D eigenvalue weighted by atomic mass is 10.1. The monoisotopic (exact) mass is 308 g/mol. The van der Waals surface area contributed by atoms with Gasteiger partial charge in [0.15, 0.2) is 0 Å². The lowest BCUT2D eigenvalue weighted by Gasteiger charge is -2.20. The van der Waals surface area contributed by atoms with Crippen molar-refractivity contribution in [1.29, 1.82) is 0 Å². The summed E-state index contributed by atoms with van der Waals surface area (Å²) in [5.41, 5.74) is 1.11. The Hall–Kier alpha value is -1.00. The first kappa shape index (κ1) is 18.1. The summed E-state index contributed by atoms with van der Waals surface area (Å²) in [7, 11) is 0. The average molecular weight is 308 g/mol. The van der Waals surface area contributed by atoms with Gasteiger partial charge in [0.25, 0.3) is 0 Å². The first-order valence-corrected chi connectivity index (χ1v) is 8.48. The zero-order chi connectivity index (χ0) is 15.9. The highest BCUT2D eigenvalue weighted by Crippen LogP contribution is 2.18. The second-order valence-electron chi connectivity index (χ2n) is 6.76. The predicted molar refractivity (Wildman–Crippen MR) is 91.6 cm³/mol. The van der Waals surface area contributed by atoms with E-state index in [1.807, 2.05) is 20.8 Å². The molecule has 0 heterocycles. The fourth-order valence-corrected chi connectivity index (χ4v) is 2.51. The fraction of sp³-hybridized carbons (Fsp3) is 0.588. The number of rotatable bonds is 7. The van der Waals surface area contributed by atoms with Gasteiger partial charge in [0.2, 0.25) is 5.91 Å². The van der Waals surface area contributed by atoms with Crippen LogP contribution in [0.3, 0.4) is 0 Å². The molecule has 1 aromatic carbocycles. The van der Waals surface area contributed by atoms with Crippen LogP contribution >= 0.6 is 11.8 Å². The van der Waals surface area contributed by atoms with Gasteiger partial charge in [-0.25, -0.2) is 0 Å². The van der Waals surface area contributed by atoms with Gasteiger partial charge in [-0.05, 0) is 50.9 Å². The van der Waals surface area contributed by atoms with Gasteiger partial charge in [0, 0.05) is 17.0 Å². The highest BCUT2D eigenvalue weighted by Gasteiger charge is 2.13. The van der Waals surface area contributed by atoms with E-state index in [9.17, 15) is 4.79 Å². The SMILES string of the molecule is CC(C)CNCc1ccc(SCC(=O)NC(C)(C)C)cc1.